The minimum absolute atomic E-state index is 0.301. The second-order valence-corrected chi connectivity index (χ2v) is 8.31. The molecule has 0 fully saturated rings. The van der Waals surface area contributed by atoms with Crippen molar-refractivity contribution < 1.29 is 9.47 Å². The van der Waals surface area contributed by atoms with Gasteiger partial charge in [-0.2, -0.15) is 0 Å². The van der Waals surface area contributed by atoms with Crippen LogP contribution in [0.5, 0.6) is 11.5 Å². The Morgan fingerprint density at radius 2 is 1.63 bits per heavy atom. The summed E-state index contributed by atoms with van der Waals surface area (Å²) in [5.74, 6) is 1.07. The fraction of sp³-hybridized carbons (Fsp3) is 0.217. The van der Waals surface area contributed by atoms with Crippen LogP contribution in [-0.4, -0.2) is 13.7 Å². The number of ether oxygens (including phenoxy) is 2. The Hall–Kier alpha value is -1.62. The Morgan fingerprint density at radius 3 is 2.37 bits per heavy atom. The van der Waals surface area contributed by atoms with Gasteiger partial charge >= 0.3 is 0 Å². The lowest BCUT2D eigenvalue weighted by Gasteiger charge is -2.15. The van der Waals surface area contributed by atoms with Crippen molar-refractivity contribution in [1.29, 1.82) is 0 Å². The van der Waals surface area contributed by atoms with Crippen molar-refractivity contribution in [3.63, 3.8) is 0 Å². The first-order valence-electron chi connectivity index (χ1n) is 9.35. The van der Waals surface area contributed by atoms with E-state index in [1.807, 2.05) is 48.5 Å². The summed E-state index contributed by atoms with van der Waals surface area (Å²) >= 11 is 24.8. The van der Waals surface area contributed by atoms with Gasteiger partial charge in [0.1, 0.15) is 6.61 Å². The lowest BCUT2D eigenvalue weighted by Crippen LogP contribution is -2.17. The Balaban J connectivity index is 1.59. The molecule has 0 aromatic heterocycles. The molecule has 0 aliphatic heterocycles. The molecule has 3 nitrogen and oxygen atoms in total. The van der Waals surface area contributed by atoms with Crippen molar-refractivity contribution in [3.8, 4) is 11.5 Å². The fourth-order valence-electron chi connectivity index (χ4n) is 2.96. The molecule has 1 N–H and O–H groups in total. The van der Waals surface area contributed by atoms with Gasteiger partial charge in [-0.3, -0.25) is 0 Å². The zero-order valence-corrected chi connectivity index (χ0v) is 19.4. The third-order valence-electron chi connectivity index (χ3n) is 4.53. The van der Waals surface area contributed by atoms with E-state index in [0.717, 1.165) is 29.7 Å². The van der Waals surface area contributed by atoms with E-state index in [-0.39, 0.29) is 0 Å². The molecule has 30 heavy (non-hydrogen) atoms. The SMILES string of the molecule is COc1cc(CNCCc2ccc(Cl)cc2Cl)cc(Cl)c1OCc1ccccc1Cl. The topological polar surface area (TPSA) is 30.5 Å². The molecule has 0 amide bonds. The summed E-state index contributed by atoms with van der Waals surface area (Å²) in [6, 6.07) is 16.8. The van der Waals surface area contributed by atoms with Gasteiger partial charge in [-0.15, -0.1) is 0 Å². The van der Waals surface area contributed by atoms with E-state index in [4.69, 9.17) is 55.9 Å². The molecule has 0 saturated heterocycles. The molecule has 3 aromatic carbocycles. The zero-order chi connectivity index (χ0) is 21.5. The van der Waals surface area contributed by atoms with Gasteiger partial charge in [0, 0.05) is 27.2 Å². The normalized spacial score (nSPS) is 10.8. The van der Waals surface area contributed by atoms with E-state index >= 15 is 0 Å². The molecule has 0 unspecified atom stereocenters. The standard InChI is InChI=1S/C23H21Cl4NO2/c1-29-22-11-15(13-28-9-8-16-6-7-18(24)12-20(16)26)10-21(27)23(22)30-14-17-4-2-3-5-19(17)25/h2-7,10-12,28H,8-9,13-14H2,1H3. The van der Waals surface area contributed by atoms with Crippen LogP contribution >= 0.6 is 46.4 Å². The van der Waals surface area contributed by atoms with E-state index in [1.165, 1.54) is 0 Å². The van der Waals surface area contributed by atoms with Crippen LogP contribution in [0.3, 0.4) is 0 Å². The first kappa shape index (κ1) is 23.1. The molecule has 0 bridgehead atoms. The van der Waals surface area contributed by atoms with Crippen LogP contribution in [0.1, 0.15) is 16.7 Å². The molecule has 0 aliphatic carbocycles. The maximum atomic E-state index is 6.47. The smallest absolute Gasteiger partial charge is 0.180 e. The van der Waals surface area contributed by atoms with E-state index in [2.05, 4.69) is 5.32 Å². The zero-order valence-electron chi connectivity index (χ0n) is 16.4. The average molecular weight is 485 g/mol. The van der Waals surface area contributed by atoms with Gasteiger partial charge in [-0.1, -0.05) is 70.7 Å². The van der Waals surface area contributed by atoms with Crippen molar-refractivity contribution in [1.82, 2.24) is 5.32 Å². The van der Waals surface area contributed by atoms with Crippen molar-refractivity contribution >= 4 is 46.4 Å². The van der Waals surface area contributed by atoms with Crippen LogP contribution in [0.4, 0.5) is 0 Å². The van der Waals surface area contributed by atoms with Gasteiger partial charge in [0.2, 0.25) is 0 Å². The summed E-state index contributed by atoms with van der Waals surface area (Å²) in [6.45, 7) is 1.69. The summed E-state index contributed by atoms with van der Waals surface area (Å²) in [7, 11) is 1.59. The van der Waals surface area contributed by atoms with Gasteiger partial charge in [-0.25, -0.2) is 0 Å². The third kappa shape index (κ3) is 6.19. The first-order chi connectivity index (χ1) is 14.5. The highest BCUT2D eigenvalue weighted by Crippen LogP contribution is 2.37. The third-order valence-corrected chi connectivity index (χ3v) is 5.77. The van der Waals surface area contributed by atoms with Gasteiger partial charge in [-0.05, 0) is 54.4 Å². The molecule has 0 saturated carbocycles. The lowest BCUT2D eigenvalue weighted by atomic mass is 10.1. The van der Waals surface area contributed by atoms with Crippen LogP contribution in [0.25, 0.3) is 0 Å². The highest BCUT2D eigenvalue weighted by atomic mass is 35.5. The predicted octanol–water partition coefficient (Wildman–Crippen LogP) is 7.22. The molecular weight excluding hydrogens is 464 g/mol. The molecule has 0 atom stereocenters. The summed E-state index contributed by atoms with van der Waals surface area (Å²) in [4.78, 5) is 0. The molecule has 0 spiro atoms. The van der Waals surface area contributed by atoms with Crippen LogP contribution in [0.15, 0.2) is 54.6 Å². The molecule has 3 rings (SSSR count). The molecule has 0 aliphatic rings. The number of rotatable bonds is 9. The Bertz CT molecular complexity index is 1010. The van der Waals surface area contributed by atoms with Crippen LogP contribution in [0, 0.1) is 0 Å². The van der Waals surface area contributed by atoms with E-state index in [1.54, 1.807) is 13.2 Å². The van der Waals surface area contributed by atoms with Gasteiger partial charge in [0.05, 0.1) is 12.1 Å². The number of hydrogen-bond donors (Lipinski definition) is 1. The predicted molar refractivity (Wildman–Crippen MR) is 126 cm³/mol. The number of benzene rings is 3. The van der Waals surface area contributed by atoms with Crippen molar-refractivity contribution in [3.05, 3.63) is 91.4 Å². The first-order valence-corrected chi connectivity index (χ1v) is 10.9. The maximum Gasteiger partial charge on any atom is 0.180 e. The molecule has 3 aromatic rings. The summed E-state index contributed by atoms with van der Waals surface area (Å²) in [5.41, 5.74) is 2.92. The van der Waals surface area contributed by atoms with E-state index in [9.17, 15) is 0 Å². The summed E-state index contributed by atoms with van der Waals surface area (Å²) in [6.07, 6.45) is 0.792. The Kier molecular flexibility index (Phi) is 8.55. The average Bonchev–Trinajstić information content (AvgIpc) is 2.72. The van der Waals surface area contributed by atoms with Crippen molar-refractivity contribution in [2.24, 2.45) is 0 Å². The molecular formula is C23H21Cl4NO2. The monoisotopic (exact) mass is 483 g/mol. The summed E-state index contributed by atoms with van der Waals surface area (Å²) < 4.78 is 11.4. The Morgan fingerprint density at radius 1 is 0.833 bits per heavy atom. The van der Waals surface area contributed by atoms with Gasteiger partial charge in [0.25, 0.3) is 0 Å². The van der Waals surface area contributed by atoms with Gasteiger partial charge in [0.15, 0.2) is 11.5 Å². The fourth-order valence-corrected chi connectivity index (χ4v) is 3.94. The molecule has 0 heterocycles. The molecule has 0 radical (unpaired) electrons. The minimum atomic E-state index is 0.301. The van der Waals surface area contributed by atoms with E-state index in [0.29, 0.717) is 44.7 Å². The van der Waals surface area contributed by atoms with Crippen LogP contribution in [-0.2, 0) is 19.6 Å². The molecule has 7 heteroatoms. The van der Waals surface area contributed by atoms with E-state index < -0.39 is 0 Å². The van der Waals surface area contributed by atoms with Crippen LogP contribution in [0.2, 0.25) is 20.1 Å². The number of hydrogen-bond acceptors (Lipinski definition) is 3. The number of methoxy groups -OCH3 is 1. The largest absolute Gasteiger partial charge is 0.493 e. The second-order valence-electron chi connectivity index (χ2n) is 6.65. The maximum absolute atomic E-state index is 6.47. The second kappa shape index (κ2) is 11.1. The van der Waals surface area contributed by atoms with Crippen molar-refractivity contribution in [2.45, 2.75) is 19.6 Å². The Labute approximate surface area is 196 Å². The lowest BCUT2D eigenvalue weighted by molar-refractivity contribution is 0.284. The highest BCUT2D eigenvalue weighted by molar-refractivity contribution is 6.35. The highest BCUT2D eigenvalue weighted by Gasteiger charge is 2.13. The van der Waals surface area contributed by atoms with Crippen molar-refractivity contribution in [2.75, 3.05) is 13.7 Å². The summed E-state index contributed by atoms with van der Waals surface area (Å²) in [5, 5.41) is 5.83. The minimum Gasteiger partial charge on any atom is -0.493 e. The number of nitrogens with one attached hydrogen (secondary N) is 1. The van der Waals surface area contributed by atoms with Crippen LogP contribution < -0.4 is 14.8 Å². The quantitative estimate of drug-likeness (QED) is 0.325. The van der Waals surface area contributed by atoms with Gasteiger partial charge < -0.3 is 14.8 Å². The molecule has 158 valence electrons. The number of halogens is 4.